The lowest BCUT2D eigenvalue weighted by Crippen LogP contribution is -2.24. The highest BCUT2D eigenvalue weighted by molar-refractivity contribution is 5.92. The molecule has 1 atom stereocenters. The van der Waals surface area contributed by atoms with Crippen molar-refractivity contribution >= 4 is 11.9 Å². The predicted molar refractivity (Wildman–Crippen MR) is 39.6 cm³/mol. The SMILES string of the molecule is C=C(C(N)=O)C(C)OC(C)=O. The Morgan fingerprint density at radius 2 is 2.00 bits per heavy atom. The zero-order valence-corrected chi connectivity index (χ0v) is 6.59. The van der Waals surface area contributed by atoms with Crippen LogP contribution in [0, 0.1) is 0 Å². The van der Waals surface area contributed by atoms with Crippen LogP contribution in [0.2, 0.25) is 0 Å². The van der Waals surface area contributed by atoms with Gasteiger partial charge in [-0.3, -0.25) is 9.59 Å². The Morgan fingerprint density at radius 1 is 1.55 bits per heavy atom. The molecule has 0 spiro atoms. The summed E-state index contributed by atoms with van der Waals surface area (Å²) in [5, 5.41) is 0. The summed E-state index contributed by atoms with van der Waals surface area (Å²) in [4.78, 5) is 20.8. The normalized spacial score (nSPS) is 11.8. The van der Waals surface area contributed by atoms with Crippen molar-refractivity contribution in [3.63, 3.8) is 0 Å². The first-order chi connectivity index (χ1) is 4.95. The number of ether oxygens (including phenoxy) is 1. The van der Waals surface area contributed by atoms with Crippen molar-refractivity contribution < 1.29 is 14.3 Å². The summed E-state index contributed by atoms with van der Waals surface area (Å²) < 4.78 is 4.63. The van der Waals surface area contributed by atoms with Crippen molar-refractivity contribution in [1.82, 2.24) is 0 Å². The van der Waals surface area contributed by atoms with Crippen molar-refractivity contribution in [2.75, 3.05) is 0 Å². The monoisotopic (exact) mass is 157 g/mol. The zero-order valence-electron chi connectivity index (χ0n) is 6.59. The van der Waals surface area contributed by atoms with Crippen LogP contribution in [0.4, 0.5) is 0 Å². The van der Waals surface area contributed by atoms with E-state index in [0.717, 1.165) is 0 Å². The van der Waals surface area contributed by atoms with E-state index in [2.05, 4.69) is 11.3 Å². The second-order valence-electron chi connectivity index (χ2n) is 2.14. The number of amides is 1. The average Bonchev–Trinajstić information content (AvgIpc) is 1.84. The molecule has 62 valence electrons. The highest BCUT2D eigenvalue weighted by atomic mass is 16.5. The Kier molecular flexibility index (Phi) is 3.30. The van der Waals surface area contributed by atoms with Crippen molar-refractivity contribution in [1.29, 1.82) is 0 Å². The lowest BCUT2D eigenvalue weighted by Gasteiger charge is -2.11. The number of carbonyl (C=O) groups is 2. The number of primary amides is 1. The smallest absolute Gasteiger partial charge is 0.303 e. The van der Waals surface area contributed by atoms with Crippen molar-refractivity contribution in [3.05, 3.63) is 12.2 Å². The predicted octanol–water partition coefficient (Wildman–Crippen LogP) is -0.0205. The van der Waals surface area contributed by atoms with Gasteiger partial charge >= 0.3 is 5.97 Å². The minimum absolute atomic E-state index is 0.0974. The van der Waals surface area contributed by atoms with E-state index in [0.29, 0.717) is 0 Å². The molecule has 0 heterocycles. The maximum atomic E-state index is 10.5. The molecular weight excluding hydrogens is 146 g/mol. The van der Waals surface area contributed by atoms with Gasteiger partial charge in [-0.05, 0) is 6.92 Å². The molecule has 0 aliphatic carbocycles. The van der Waals surface area contributed by atoms with Crippen LogP contribution in [0.15, 0.2) is 12.2 Å². The van der Waals surface area contributed by atoms with Gasteiger partial charge in [0.15, 0.2) is 0 Å². The molecule has 0 bridgehead atoms. The second-order valence-corrected chi connectivity index (χ2v) is 2.14. The van der Waals surface area contributed by atoms with Crippen LogP contribution in [-0.2, 0) is 14.3 Å². The lowest BCUT2D eigenvalue weighted by molar-refractivity contribution is -0.144. The fourth-order valence-electron chi connectivity index (χ4n) is 0.520. The summed E-state index contributed by atoms with van der Waals surface area (Å²) in [6, 6.07) is 0. The number of esters is 1. The topological polar surface area (TPSA) is 69.4 Å². The Balaban J connectivity index is 4.03. The fourth-order valence-corrected chi connectivity index (χ4v) is 0.520. The molecular formula is C7H11NO3. The van der Waals surface area contributed by atoms with E-state index < -0.39 is 18.0 Å². The summed E-state index contributed by atoms with van der Waals surface area (Å²) >= 11 is 0. The first kappa shape index (κ1) is 9.68. The van der Waals surface area contributed by atoms with Gasteiger partial charge in [-0.25, -0.2) is 0 Å². The second kappa shape index (κ2) is 3.75. The van der Waals surface area contributed by atoms with Crippen molar-refractivity contribution in [3.8, 4) is 0 Å². The summed E-state index contributed by atoms with van der Waals surface area (Å²) in [6.45, 7) is 6.15. The van der Waals surface area contributed by atoms with Crippen LogP contribution in [0.5, 0.6) is 0 Å². The minimum Gasteiger partial charge on any atom is -0.458 e. The molecule has 0 aliphatic rings. The van der Waals surface area contributed by atoms with E-state index in [1.54, 1.807) is 0 Å². The van der Waals surface area contributed by atoms with E-state index in [9.17, 15) is 9.59 Å². The minimum atomic E-state index is -0.654. The number of hydrogen-bond acceptors (Lipinski definition) is 3. The summed E-state index contributed by atoms with van der Waals surface area (Å²) in [5.74, 6) is -1.11. The van der Waals surface area contributed by atoms with Gasteiger partial charge in [0.2, 0.25) is 5.91 Å². The Bertz CT molecular complexity index is 198. The molecule has 0 rings (SSSR count). The van der Waals surface area contributed by atoms with Crippen LogP contribution in [-0.4, -0.2) is 18.0 Å². The average molecular weight is 157 g/mol. The maximum absolute atomic E-state index is 10.5. The number of nitrogens with two attached hydrogens (primary N) is 1. The van der Waals surface area contributed by atoms with E-state index in [-0.39, 0.29) is 5.57 Å². The molecule has 2 N–H and O–H groups in total. The van der Waals surface area contributed by atoms with Gasteiger partial charge in [0, 0.05) is 12.5 Å². The molecule has 0 radical (unpaired) electrons. The molecule has 4 nitrogen and oxygen atoms in total. The van der Waals surface area contributed by atoms with Gasteiger partial charge in [-0.15, -0.1) is 0 Å². The van der Waals surface area contributed by atoms with Gasteiger partial charge in [0.1, 0.15) is 6.10 Å². The largest absolute Gasteiger partial charge is 0.458 e. The summed E-state index contributed by atoms with van der Waals surface area (Å²) in [5.41, 5.74) is 4.98. The Morgan fingerprint density at radius 3 is 2.27 bits per heavy atom. The van der Waals surface area contributed by atoms with Crippen LogP contribution in [0.25, 0.3) is 0 Å². The number of rotatable bonds is 3. The van der Waals surface area contributed by atoms with Crippen LogP contribution < -0.4 is 5.73 Å². The van der Waals surface area contributed by atoms with Gasteiger partial charge in [0.25, 0.3) is 0 Å². The molecule has 0 aliphatic heterocycles. The number of carbonyl (C=O) groups excluding carboxylic acids is 2. The Hall–Kier alpha value is -1.32. The van der Waals surface area contributed by atoms with E-state index >= 15 is 0 Å². The molecule has 0 saturated heterocycles. The van der Waals surface area contributed by atoms with Gasteiger partial charge in [-0.2, -0.15) is 0 Å². The van der Waals surface area contributed by atoms with Crippen molar-refractivity contribution in [2.24, 2.45) is 5.73 Å². The van der Waals surface area contributed by atoms with E-state index in [1.807, 2.05) is 0 Å². The highest BCUT2D eigenvalue weighted by Gasteiger charge is 2.13. The number of hydrogen-bond donors (Lipinski definition) is 1. The van der Waals surface area contributed by atoms with Gasteiger partial charge in [0.05, 0.1) is 0 Å². The molecule has 11 heavy (non-hydrogen) atoms. The van der Waals surface area contributed by atoms with Crippen molar-refractivity contribution in [2.45, 2.75) is 20.0 Å². The highest BCUT2D eigenvalue weighted by Crippen LogP contribution is 2.02. The van der Waals surface area contributed by atoms with E-state index in [4.69, 9.17) is 5.73 Å². The summed E-state index contributed by atoms with van der Waals surface area (Å²) in [6.07, 6.45) is -0.634. The molecule has 0 fully saturated rings. The molecule has 0 aromatic heterocycles. The lowest BCUT2D eigenvalue weighted by atomic mass is 10.2. The molecule has 0 aromatic carbocycles. The molecule has 4 heteroatoms. The fraction of sp³-hybridized carbons (Fsp3) is 0.429. The summed E-state index contributed by atoms with van der Waals surface area (Å²) in [7, 11) is 0. The molecule has 1 amide bonds. The standard InChI is InChI=1S/C7H11NO3/c1-4(7(8)10)5(2)11-6(3)9/h5H,1H2,2-3H3,(H2,8,10). The first-order valence-corrected chi connectivity index (χ1v) is 3.11. The maximum Gasteiger partial charge on any atom is 0.303 e. The van der Waals surface area contributed by atoms with E-state index in [1.165, 1.54) is 13.8 Å². The van der Waals surface area contributed by atoms with Gasteiger partial charge in [-0.1, -0.05) is 6.58 Å². The molecule has 0 saturated carbocycles. The third-order valence-electron chi connectivity index (χ3n) is 1.15. The third-order valence-corrected chi connectivity index (χ3v) is 1.15. The Labute approximate surface area is 65.0 Å². The zero-order chi connectivity index (χ0) is 9.02. The van der Waals surface area contributed by atoms with Crippen LogP contribution in [0.3, 0.4) is 0 Å². The quantitative estimate of drug-likeness (QED) is 0.462. The van der Waals surface area contributed by atoms with Crippen LogP contribution >= 0.6 is 0 Å². The van der Waals surface area contributed by atoms with Gasteiger partial charge < -0.3 is 10.5 Å². The third kappa shape index (κ3) is 3.40. The van der Waals surface area contributed by atoms with Crippen LogP contribution in [0.1, 0.15) is 13.8 Å². The molecule has 1 unspecified atom stereocenters. The first-order valence-electron chi connectivity index (χ1n) is 3.11. The molecule has 0 aromatic rings.